The summed E-state index contributed by atoms with van der Waals surface area (Å²) < 4.78 is 23.7. The molecule has 1 aliphatic heterocycles. The van der Waals surface area contributed by atoms with Crippen LogP contribution >= 0.6 is 0 Å². The maximum absolute atomic E-state index is 13.0. The highest BCUT2D eigenvalue weighted by Crippen LogP contribution is 2.31. The normalized spacial score (nSPS) is 14.8. The van der Waals surface area contributed by atoms with Gasteiger partial charge in [-0.05, 0) is 42.5 Å². The molecule has 28 heavy (non-hydrogen) atoms. The van der Waals surface area contributed by atoms with Crippen LogP contribution in [0.1, 0.15) is 11.3 Å². The van der Waals surface area contributed by atoms with E-state index in [4.69, 9.17) is 9.15 Å². The van der Waals surface area contributed by atoms with Gasteiger partial charge in [0, 0.05) is 17.7 Å². The van der Waals surface area contributed by atoms with Gasteiger partial charge in [0.15, 0.2) is 5.70 Å². The number of halogens is 1. The van der Waals surface area contributed by atoms with E-state index in [1.165, 1.54) is 36.4 Å². The van der Waals surface area contributed by atoms with Crippen LogP contribution < -0.4 is 0 Å². The summed E-state index contributed by atoms with van der Waals surface area (Å²) in [6.45, 7) is 0. The number of aliphatic imine (C=N–C) groups is 1. The Bertz CT molecular complexity index is 1150. The van der Waals surface area contributed by atoms with E-state index in [0.29, 0.717) is 11.1 Å². The molecule has 7 nitrogen and oxygen atoms in total. The highest BCUT2D eigenvalue weighted by atomic mass is 19.1. The monoisotopic (exact) mass is 378 g/mol. The van der Waals surface area contributed by atoms with Gasteiger partial charge in [-0.3, -0.25) is 10.1 Å². The zero-order chi connectivity index (χ0) is 19.7. The van der Waals surface area contributed by atoms with Crippen LogP contribution in [-0.4, -0.2) is 16.8 Å². The van der Waals surface area contributed by atoms with Crippen LogP contribution in [-0.2, 0) is 9.53 Å². The van der Waals surface area contributed by atoms with E-state index in [-0.39, 0.29) is 28.8 Å². The van der Waals surface area contributed by atoms with Gasteiger partial charge in [0.05, 0.1) is 10.5 Å². The van der Waals surface area contributed by atoms with Crippen LogP contribution in [0.3, 0.4) is 0 Å². The zero-order valence-corrected chi connectivity index (χ0v) is 14.2. The number of cyclic esters (lactones) is 1. The second-order valence-corrected chi connectivity index (χ2v) is 5.82. The molecule has 3 aromatic rings. The average Bonchev–Trinajstić information content (AvgIpc) is 3.30. The molecule has 0 fully saturated rings. The number of ether oxygens (including phenoxy) is 1. The molecule has 0 N–H and O–H groups in total. The van der Waals surface area contributed by atoms with E-state index in [9.17, 15) is 19.3 Å². The van der Waals surface area contributed by atoms with Crippen molar-refractivity contribution in [2.75, 3.05) is 0 Å². The van der Waals surface area contributed by atoms with Crippen molar-refractivity contribution in [3.63, 3.8) is 0 Å². The Balaban J connectivity index is 1.65. The third-order valence-corrected chi connectivity index (χ3v) is 3.98. The number of furan rings is 1. The minimum atomic E-state index is -0.678. The van der Waals surface area contributed by atoms with E-state index < -0.39 is 16.7 Å². The summed E-state index contributed by atoms with van der Waals surface area (Å²) in [5.74, 6) is -0.468. The predicted molar refractivity (Wildman–Crippen MR) is 97.8 cm³/mol. The molecule has 0 radical (unpaired) electrons. The number of carbonyl (C=O) groups excluding carboxylic acids is 1. The number of hydrogen-bond donors (Lipinski definition) is 0. The SMILES string of the molecule is O=C1OC(c2ccc(F)cc2)=NC1=Cc1ccc(-c2ccccc2[N+](=O)[O-])o1. The van der Waals surface area contributed by atoms with Crippen molar-refractivity contribution in [1.82, 2.24) is 0 Å². The van der Waals surface area contributed by atoms with Crippen molar-refractivity contribution in [2.45, 2.75) is 0 Å². The van der Waals surface area contributed by atoms with E-state index in [1.54, 1.807) is 30.3 Å². The Kier molecular flexibility index (Phi) is 4.29. The minimum absolute atomic E-state index is 0.00258. The van der Waals surface area contributed by atoms with Crippen molar-refractivity contribution in [1.29, 1.82) is 0 Å². The van der Waals surface area contributed by atoms with Gasteiger partial charge in [-0.2, -0.15) is 0 Å². The van der Waals surface area contributed by atoms with Gasteiger partial charge in [-0.25, -0.2) is 14.2 Å². The fourth-order valence-corrected chi connectivity index (χ4v) is 2.68. The molecule has 0 atom stereocenters. The number of hydrogen-bond acceptors (Lipinski definition) is 6. The van der Waals surface area contributed by atoms with Crippen LogP contribution in [0, 0.1) is 15.9 Å². The molecule has 1 aromatic heterocycles. The third kappa shape index (κ3) is 3.30. The van der Waals surface area contributed by atoms with Crippen molar-refractivity contribution < 1.29 is 23.3 Å². The molecule has 138 valence electrons. The number of nitro benzene ring substituents is 1. The second kappa shape index (κ2) is 6.92. The molecule has 2 aromatic carbocycles. The summed E-state index contributed by atoms with van der Waals surface area (Å²) in [6, 6.07) is 14.7. The van der Waals surface area contributed by atoms with Crippen LogP contribution in [0.4, 0.5) is 10.1 Å². The molecule has 1 aliphatic rings. The van der Waals surface area contributed by atoms with E-state index in [2.05, 4.69) is 4.99 Å². The van der Waals surface area contributed by atoms with Crippen molar-refractivity contribution >= 4 is 23.6 Å². The molecular weight excluding hydrogens is 367 g/mol. The first-order valence-electron chi connectivity index (χ1n) is 8.13. The number of nitrogens with zero attached hydrogens (tertiary/aromatic N) is 2. The maximum atomic E-state index is 13.0. The summed E-state index contributed by atoms with van der Waals surface area (Å²) in [7, 11) is 0. The molecule has 4 rings (SSSR count). The second-order valence-electron chi connectivity index (χ2n) is 5.82. The third-order valence-electron chi connectivity index (χ3n) is 3.98. The van der Waals surface area contributed by atoms with Crippen LogP contribution in [0.15, 0.2) is 75.8 Å². The highest BCUT2D eigenvalue weighted by molar-refractivity contribution is 6.12. The number of nitro groups is 1. The van der Waals surface area contributed by atoms with Crippen molar-refractivity contribution in [2.24, 2.45) is 4.99 Å². The fourth-order valence-electron chi connectivity index (χ4n) is 2.68. The molecule has 0 unspecified atom stereocenters. The number of rotatable bonds is 4. The Morgan fingerprint density at radius 1 is 1.04 bits per heavy atom. The molecule has 0 aliphatic carbocycles. The standard InChI is InChI=1S/C20H11FN2O5/c21-13-7-5-12(6-8-13)19-22-16(20(24)28-19)11-14-9-10-18(27-14)15-3-1-2-4-17(15)23(25)26/h1-11H. The smallest absolute Gasteiger partial charge is 0.363 e. The Morgan fingerprint density at radius 3 is 2.54 bits per heavy atom. The van der Waals surface area contributed by atoms with Gasteiger partial charge in [-0.1, -0.05) is 12.1 Å². The van der Waals surface area contributed by atoms with Crippen molar-refractivity contribution in [3.05, 3.63) is 93.6 Å². The van der Waals surface area contributed by atoms with Crippen LogP contribution in [0.25, 0.3) is 17.4 Å². The van der Waals surface area contributed by atoms with E-state index >= 15 is 0 Å². The maximum Gasteiger partial charge on any atom is 0.363 e. The molecule has 0 saturated carbocycles. The zero-order valence-electron chi connectivity index (χ0n) is 14.2. The van der Waals surface area contributed by atoms with Gasteiger partial charge in [0.25, 0.3) is 5.69 Å². The lowest BCUT2D eigenvalue weighted by atomic mass is 10.1. The minimum Gasteiger partial charge on any atom is -0.456 e. The van der Waals surface area contributed by atoms with Gasteiger partial charge in [0.2, 0.25) is 5.90 Å². The van der Waals surface area contributed by atoms with Gasteiger partial charge in [0.1, 0.15) is 17.3 Å². The number of benzene rings is 2. The van der Waals surface area contributed by atoms with E-state index in [0.717, 1.165) is 0 Å². The first kappa shape index (κ1) is 17.3. The predicted octanol–water partition coefficient (Wildman–Crippen LogP) is 4.34. The fraction of sp³-hybridized carbons (Fsp3) is 0. The summed E-state index contributed by atoms with van der Waals surface area (Å²) in [4.78, 5) is 26.8. The number of para-hydroxylation sites is 1. The highest BCUT2D eigenvalue weighted by Gasteiger charge is 2.25. The first-order chi connectivity index (χ1) is 13.5. The lowest BCUT2D eigenvalue weighted by Crippen LogP contribution is -2.05. The van der Waals surface area contributed by atoms with Gasteiger partial charge in [-0.15, -0.1) is 0 Å². The molecule has 0 saturated heterocycles. The summed E-state index contributed by atoms with van der Waals surface area (Å²) in [5, 5.41) is 11.2. The first-order valence-corrected chi connectivity index (χ1v) is 8.13. The largest absolute Gasteiger partial charge is 0.456 e. The summed E-state index contributed by atoms with van der Waals surface area (Å²) >= 11 is 0. The van der Waals surface area contributed by atoms with Gasteiger partial charge >= 0.3 is 5.97 Å². The Labute approximate surface area is 157 Å². The molecular formula is C20H11FN2O5. The van der Waals surface area contributed by atoms with E-state index in [1.807, 2.05) is 0 Å². The van der Waals surface area contributed by atoms with Crippen molar-refractivity contribution in [3.8, 4) is 11.3 Å². The summed E-state index contributed by atoms with van der Waals surface area (Å²) in [6.07, 6.45) is 1.37. The lowest BCUT2D eigenvalue weighted by Gasteiger charge is -1.98. The van der Waals surface area contributed by atoms with Crippen LogP contribution in [0.2, 0.25) is 0 Å². The molecule has 0 spiro atoms. The quantitative estimate of drug-likeness (QED) is 0.291. The Morgan fingerprint density at radius 2 is 1.79 bits per heavy atom. The van der Waals surface area contributed by atoms with Gasteiger partial charge < -0.3 is 9.15 Å². The topological polar surface area (TPSA) is 94.9 Å². The lowest BCUT2D eigenvalue weighted by molar-refractivity contribution is -0.384. The molecule has 8 heteroatoms. The van der Waals surface area contributed by atoms with Crippen LogP contribution in [0.5, 0.6) is 0 Å². The summed E-state index contributed by atoms with van der Waals surface area (Å²) in [5.41, 5.74) is 0.690. The molecule has 2 heterocycles. The Hall–Kier alpha value is -4.07. The molecule has 0 amide bonds. The number of carbonyl (C=O) groups is 1. The molecule has 0 bridgehead atoms. The average molecular weight is 378 g/mol. The number of esters is 1.